The van der Waals surface area contributed by atoms with E-state index in [1.807, 2.05) is 30.3 Å². The maximum absolute atomic E-state index is 5.52. The van der Waals surface area contributed by atoms with Crippen molar-refractivity contribution in [3.05, 3.63) is 42.1 Å². The van der Waals surface area contributed by atoms with Gasteiger partial charge in [0, 0.05) is 43.5 Å². The summed E-state index contributed by atoms with van der Waals surface area (Å²) in [6, 6.07) is 13.2. The van der Waals surface area contributed by atoms with Gasteiger partial charge in [-0.2, -0.15) is 0 Å². The predicted molar refractivity (Wildman–Crippen MR) is 86.5 cm³/mol. The van der Waals surface area contributed by atoms with Crippen molar-refractivity contribution in [2.24, 2.45) is 0 Å². The Bertz CT molecular complexity index is 574. The van der Waals surface area contributed by atoms with E-state index >= 15 is 0 Å². The third kappa shape index (κ3) is 3.57. The van der Waals surface area contributed by atoms with Crippen LogP contribution < -0.4 is 0 Å². The molecule has 0 atom stereocenters. The minimum absolute atomic E-state index is 0.486. The molecule has 4 nitrogen and oxygen atoms in total. The van der Waals surface area contributed by atoms with Gasteiger partial charge in [-0.1, -0.05) is 35.5 Å². The lowest BCUT2D eigenvalue weighted by Gasteiger charge is -2.36. The van der Waals surface area contributed by atoms with Crippen LogP contribution in [-0.4, -0.2) is 35.4 Å². The standard InChI is InChI=1S/C18H24N2O2/c1-14(2)20(17-8-10-21-11-9-17)13-16-12-18(22-19-16)15-6-4-3-5-7-15/h3-7,12,14,17H,8-11,13H2,1-2H3. The van der Waals surface area contributed by atoms with Gasteiger partial charge >= 0.3 is 0 Å². The van der Waals surface area contributed by atoms with Gasteiger partial charge in [0.05, 0.1) is 5.69 Å². The van der Waals surface area contributed by atoms with Crippen LogP contribution in [0.2, 0.25) is 0 Å². The van der Waals surface area contributed by atoms with Crippen molar-refractivity contribution < 1.29 is 9.26 Å². The highest BCUT2D eigenvalue weighted by Gasteiger charge is 2.24. The summed E-state index contributed by atoms with van der Waals surface area (Å²) >= 11 is 0. The van der Waals surface area contributed by atoms with E-state index in [4.69, 9.17) is 9.26 Å². The molecule has 0 saturated carbocycles. The number of hydrogen-bond donors (Lipinski definition) is 0. The number of ether oxygens (including phenoxy) is 1. The average Bonchev–Trinajstić information content (AvgIpc) is 3.03. The highest BCUT2D eigenvalue weighted by molar-refractivity contribution is 5.56. The zero-order valence-corrected chi connectivity index (χ0v) is 13.4. The topological polar surface area (TPSA) is 38.5 Å². The molecule has 0 aliphatic carbocycles. The lowest BCUT2D eigenvalue weighted by atomic mass is 10.0. The highest BCUT2D eigenvalue weighted by atomic mass is 16.5. The summed E-state index contributed by atoms with van der Waals surface area (Å²) in [6.07, 6.45) is 2.20. The second kappa shape index (κ2) is 7.07. The first-order chi connectivity index (χ1) is 10.7. The molecule has 2 heterocycles. The molecule has 0 N–H and O–H groups in total. The fraction of sp³-hybridized carbons (Fsp3) is 0.500. The first-order valence-corrected chi connectivity index (χ1v) is 8.08. The highest BCUT2D eigenvalue weighted by Crippen LogP contribution is 2.23. The SMILES string of the molecule is CC(C)N(Cc1cc(-c2ccccc2)on1)C1CCOCC1. The van der Waals surface area contributed by atoms with Crippen LogP contribution in [0.15, 0.2) is 40.9 Å². The second-order valence-corrected chi connectivity index (χ2v) is 6.16. The summed E-state index contributed by atoms with van der Waals surface area (Å²) in [5.41, 5.74) is 2.07. The summed E-state index contributed by atoms with van der Waals surface area (Å²) in [6.45, 7) is 7.05. The Hall–Kier alpha value is -1.65. The molecular formula is C18H24N2O2. The molecule has 2 aromatic rings. The fourth-order valence-corrected chi connectivity index (χ4v) is 3.06. The lowest BCUT2D eigenvalue weighted by Crippen LogP contribution is -2.43. The Labute approximate surface area is 132 Å². The van der Waals surface area contributed by atoms with E-state index < -0.39 is 0 Å². The van der Waals surface area contributed by atoms with E-state index in [-0.39, 0.29) is 0 Å². The van der Waals surface area contributed by atoms with Crippen LogP contribution in [0.1, 0.15) is 32.4 Å². The van der Waals surface area contributed by atoms with Crippen LogP contribution in [0.5, 0.6) is 0 Å². The van der Waals surface area contributed by atoms with Gasteiger partial charge < -0.3 is 9.26 Å². The normalized spacial score (nSPS) is 16.5. The van der Waals surface area contributed by atoms with E-state index in [9.17, 15) is 0 Å². The van der Waals surface area contributed by atoms with Crippen LogP contribution >= 0.6 is 0 Å². The molecule has 0 bridgehead atoms. The predicted octanol–water partition coefficient (Wildman–Crippen LogP) is 3.73. The van der Waals surface area contributed by atoms with Gasteiger partial charge in [0.15, 0.2) is 5.76 Å². The van der Waals surface area contributed by atoms with Crippen molar-refractivity contribution in [2.45, 2.75) is 45.3 Å². The molecular weight excluding hydrogens is 276 g/mol. The van der Waals surface area contributed by atoms with E-state index in [2.05, 4.69) is 30.0 Å². The molecule has 118 valence electrons. The Morgan fingerprint density at radius 1 is 1.18 bits per heavy atom. The van der Waals surface area contributed by atoms with Gasteiger partial charge in [0.1, 0.15) is 0 Å². The molecule has 1 aliphatic heterocycles. The van der Waals surface area contributed by atoms with Crippen LogP contribution in [0.4, 0.5) is 0 Å². The van der Waals surface area contributed by atoms with Gasteiger partial charge in [-0.3, -0.25) is 4.90 Å². The molecule has 4 heteroatoms. The molecule has 0 unspecified atom stereocenters. The fourth-order valence-electron chi connectivity index (χ4n) is 3.06. The molecule has 3 rings (SSSR count). The maximum atomic E-state index is 5.52. The second-order valence-electron chi connectivity index (χ2n) is 6.16. The summed E-state index contributed by atoms with van der Waals surface area (Å²) in [4.78, 5) is 2.51. The summed E-state index contributed by atoms with van der Waals surface area (Å²) < 4.78 is 11.0. The van der Waals surface area contributed by atoms with Crippen molar-refractivity contribution in [1.82, 2.24) is 10.1 Å². The molecule has 0 amide bonds. The number of rotatable bonds is 5. The van der Waals surface area contributed by atoms with Gasteiger partial charge in [-0.25, -0.2) is 0 Å². The number of hydrogen-bond acceptors (Lipinski definition) is 4. The Morgan fingerprint density at radius 2 is 1.91 bits per heavy atom. The Morgan fingerprint density at radius 3 is 2.59 bits per heavy atom. The molecule has 1 fully saturated rings. The smallest absolute Gasteiger partial charge is 0.167 e. The number of nitrogens with zero attached hydrogens (tertiary/aromatic N) is 2. The zero-order chi connectivity index (χ0) is 15.4. The van der Waals surface area contributed by atoms with E-state index in [0.29, 0.717) is 12.1 Å². The molecule has 22 heavy (non-hydrogen) atoms. The van der Waals surface area contributed by atoms with E-state index in [1.165, 1.54) is 0 Å². The lowest BCUT2D eigenvalue weighted by molar-refractivity contribution is 0.0179. The van der Waals surface area contributed by atoms with Gasteiger partial charge in [0.2, 0.25) is 0 Å². The Kier molecular flexibility index (Phi) is 4.90. The molecule has 0 radical (unpaired) electrons. The third-order valence-electron chi connectivity index (χ3n) is 4.28. The maximum Gasteiger partial charge on any atom is 0.167 e. The average molecular weight is 300 g/mol. The molecule has 0 spiro atoms. The van der Waals surface area contributed by atoms with Crippen LogP contribution in [0.25, 0.3) is 11.3 Å². The number of benzene rings is 1. The minimum atomic E-state index is 0.486. The van der Waals surface area contributed by atoms with Crippen molar-refractivity contribution in [2.75, 3.05) is 13.2 Å². The summed E-state index contributed by atoms with van der Waals surface area (Å²) in [5.74, 6) is 0.839. The van der Waals surface area contributed by atoms with E-state index in [0.717, 1.165) is 49.6 Å². The van der Waals surface area contributed by atoms with Crippen molar-refractivity contribution in [1.29, 1.82) is 0 Å². The molecule has 1 saturated heterocycles. The van der Waals surface area contributed by atoms with Gasteiger partial charge in [-0.05, 0) is 26.7 Å². The minimum Gasteiger partial charge on any atom is -0.381 e. The summed E-state index contributed by atoms with van der Waals surface area (Å²) in [5, 5.41) is 4.26. The van der Waals surface area contributed by atoms with Crippen molar-refractivity contribution in [3.8, 4) is 11.3 Å². The van der Waals surface area contributed by atoms with E-state index in [1.54, 1.807) is 0 Å². The van der Waals surface area contributed by atoms with Crippen molar-refractivity contribution >= 4 is 0 Å². The monoisotopic (exact) mass is 300 g/mol. The quantitative estimate of drug-likeness (QED) is 0.843. The third-order valence-corrected chi connectivity index (χ3v) is 4.28. The Balaban J connectivity index is 1.72. The molecule has 1 aromatic carbocycles. The van der Waals surface area contributed by atoms with Crippen molar-refractivity contribution in [3.63, 3.8) is 0 Å². The zero-order valence-electron chi connectivity index (χ0n) is 13.4. The molecule has 1 aromatic heterocycles. The van der Waals surface area contributed by atoms with Crippen LogP contribution in [-0.2, 0) is 11.3 Å². The first kappa shape index (κ1) is 15.3. The number of aromatic nitrogens is 1. The largest absolute Gasteiger partial charge is 0.381 e. The van der Waals surface area contributed by atoms with Gasteiger partial charge in [-0.15, -0.1) is 0 Å². The van der Waals surface area contributed by atoms with Gasteiger partial charge in [0.25, 0.3) is 0 Å². The van der Waals surface area contributed by atoms with Crippen LogP contribution in [0.3, 0.4) is 0 Å². The molecule has 1 aliphatic rings. The summed E-state index contributed by atoms with van der Waals surface area (Å²) in [7, 11) is 0. The van der Waals surface area contributed by atoms with Crippen LogP contribution in [0, 0.1) is 0 Å². The first-order valence-electron chi connectivity index (χ1n) is 8.08.